The Kier molecular flexibility index (Phi) is 14.5. The highest BCUT2D eigenvalue weighted by molar-refractivity contribution is 6.31. The van der Waals surface area contributed by atoms with Gasteiger partial charge in [-0.25, -0.2) is 0 Å². The Hall–Kier alpha value is -4.58. The molecule has 0 aliphatic carbocycles. The average Bonchev–Trinajstić information content (AvgIpc) is 3.08. The van der Waals surface area contributed by atoms with Gasteiger partial charge in [0.2, 0.25) is 11.7 Å². The average molecular weight is 702 g/mol. The zero-order valence-electron chi connectivity index (χ0n) is 27.4. The number of hydrogen-bond acceptors (Lipinski definition) is 7. The predicted octanol–water partition coefficient (Wildman–Crippen LogP) is 6.75. The van der Waals surface area contributed by atoms with Crippen molar-refractivity contribution in [1.82, 2.24) is 15.6 Å². The third-order valence-electron chi connectivity index (χ3n) is 8.01. The van der Waals surface area contributed by atoms with Crippen molar-refractivity contribution in [1.29, 1.82) is 0 Å². The number of nitrogens with one attached hydrogen (secondary N) is 2. The van der Waals surface area contributed by atoms with Crippen LogP contribution >= 0.6 is 11.6 Å². The summed E-state index contributed by atoms with van der Waals surface area (Å²) in [4.78, 5) is 69.4. The quantitative estimate of drug-likeness (QED) is 0.111. The van der Waals surface area contributed by atoms with Crippen molar-refractivity contribution in [2.75, 3.05) is 13.7 Å². The van der Waals surface area contributed by atoms with Crippen LogP contribution in [-0.2, 0) is 14.4 Å². The van der Waals surface area contributed by atoms with Crippen LogP contribution in [0, 0.1) is 17.8 Å². The number of aromatic nitrogens is 1. The molecular formula is C36H39ClF3N3O6. The van der Waals surface area contributed by atoms with Crippen LogP contribution in [0.15, 0.2) is 72.9 Å². The fourth-order valence-corrected chi connectivity index (χ4v) is 5.41. The number of alkyl halides is 3. The summed E-state index contributed by atoms with van der Waals surface area (Å²) in [6.07, 6.45) is -3.63. The predicted molar refractivity (Wildman–Crippen MR) is 177 cm³/mol. The highest BCUT2D eigenvalue weighted by Gasteiger charge is 2.45. The maximum Gasteiger partial charge on any atom is 0.450 e. The van der Waals surface area contributed by atoms with E-state index in [1.54, 1.807) is 36.4 Å². The molecule has 0 saturated heterocycles. The summed E-state index contributed by atoms with van der Waals surface area (Å²) in [7, 11) is 1.43. The van der Waals surface area contributed by atoms with Gasteiger partial charge in [0.1, 0.15) is 17.5 Å². The third-order valence-corrected chi connectivity index (χ3v) is 8.25. The number of Topliss-reactive ketones (excluding diaryl/α,β-unsaturated/α-hetero) is 3. The first-order chi connectivity index (χ1) is 23.2. The second-order valence-electron chi connectivity index (χ2n) is 11.9. The fourth-order valence-electron chi connectivity index (χ4n) is 5.22. The number of nitrogens with zero attached hydrogens (tertiary/aromatic N) is 1. The van der Waals surface area contributed by atoms with E-state index in [-0.39, 0.29) is 47.9 Å². The van der Waals surface area contributed by atoms with E-state index in [0.29, 0.717) is 23.6 Å². The molecule has 2 amide bonds. The van der Waals surface area contributed by atoms with Crippen molar-refractivity contribution in [3.63, 3.8) is 0 Å². The van der Waals surface area contributed by atoms with E-state index < -0.39 is 53.9 Å². The van der Waals surface area contributed by atoms with Gasteiger partial charge in [-0.1, -0.05) is 62.2 Å². The van der Waals surface area contributed by atoms with E-state index in [2.05, 4.69) is 15.6 Å². The Bertz CT molecular complexity index is 1600. The summed E-state index contributed by atoms with van der Waals surface area (Å²) < 4.78 is 45.4. The Labute approximate surface area is 288 Å². The number of unbranched alkanes of at least 4 members (excludes halogenated alkanes) is 1. The van der Waals surface area contributed by atoms with Crippen LogP contribution in [0.2, 0.25) is 5.02 Å². The van der Waals surface area contributed by atoms with Gasteiger partial charge in [-0.05, 0) is 60.7 Å². The Morgan fingerprint density at radius 2 is 1.63 bits per heavy atom. The SMILES string of the molecule is COc1ccc([C@H](NC(=O)[C@H](CCCCNC(=O)c2ccccn2)CC(=O)c2cccc(Cl)c2)C(=O)C[C@H](C(=O)C(F)(F)F)C(C)C)cc1. The van der Waals surface area contributed by atoms with E-state index in [4.69, 9.17) is 16.3 Å². The number of benzene rings is 2. The standard InChI is InChI=1S/C36H39ClF3N3O6/c1-22(2)28(33(46)36(38,39)40)21-31(45)32(23-13-15-27(49-3)16-14-23)43-34(47)25(20-30(44)24-10-8-11-26(37)19-24)9-4-6-18-42-35(48)29-12-5-7-17-41-29/h5,7-8,10-17,19,22,25,28,32H,4,6,9,18,20-21H2,1-3H3,(H,42,48)(H,43,47)/t25-,28+,32+/m1/s1. The van der Waals surface area contributed by atoms with E-state index in [1.807, 2.05) is 0 Å². The molecule has 49 heavy (non-hydrogen) atoms. The lowest BCUT2D eigenvalue weighted by atomic mass is 9.84. The molecule has 0 unspecified atom stereocenters. The third kappa shape index (κ3) is 11.8. The molecule has 9 nitrogen and oxygen atoms in total. The molecule has 13 heteroatoms. The maximum absolute atomic E-state index is 13.9. The molecule has 0 saturated carbocycles. The van der Waals surface area contributed by atoms with Gasteiger partial charge in [0.25, 0.3) is 5.91 Å². The molecular weight excluding hydrogens is 663 g/mol. The highest BCUT2D eigenvalue weighted by Crippen LogP contribution is 2.31. The lowest BCUT2D eigenvalue weighted by molar-refractivity contribution is -0.177. The fraction of sp³-hybridized carbons (Fsp3) is 0.389. The van der Waals surface area contributed by atoms with E-state index in [0.717, 1.165) is 0 Å². The molecule has 0 spiro atoms. The van der Waals surface area contributed by atoms with Crippen molar-refractivity contribution in [2.24, 2.45) is 17.8 Å². The molecule has 262 valence electrons. The van der Waals surface area contributed by atoms with Crippen molar-refractivity contribution in [3.05, 3.63) is 94.8 Å². The van der Waals surface area contributed by atoms with Crippen molar-refractivity contribution in [3.8, 4) is 5.75 Å². The Balaban J connectivity index is 1.83. The molecule has 1 aromatic heterocycles. The Morgan fingerprint density at radius 3 is 2.22 bits per heavy atom. The van der Waals surface area contributed by atoms with Crippen LogP contribution in [0.4, 0.5) is 13.2 Å². The topological polar surface area (TPSA) is 132 Å². The number of ether oxygens (including phenoxy) is 1. The lowest BCUT2D eigenvalue weighted by Gasteiger charge is -2.26. The minimum atomic E-state index is -5.14. The molecule has 0 aliphatic heterocycles. The van der Waals surface area contributed by atoms with Gasteiger partial charge >= 0.3 is 6.18 Å². The summed E-state index contributed by atoms with van der Waals surface area (Å²) in [6.45, 7) is 3.10. The molecule has 1 heterocycles. The molecule has 0 radical (unpaired) electrons. The molecule has 3 rings (SSSR count). The van der Waals surface area contributed by atoms with Gasteiger partial charge in [0.05, 0.1) is 7.11 Å². The number of pyridine rings is 1. The number of amides is 2. The number of methoxy groups -OCH3 is 1. The number of halogens is 4. The van der Waals surface area contributed by atoms with Gasteiger partial charge < -0.3 is 15.4 Å². The minimum absolute atomic E-state index is 0.183. The van der Waals surface area contributed by atoms with Crippen molar-refractivity contribution < 1.29 is 41.9 Å². The van der Waals surface area contributed by atoms with E-state index in [1.165, 1.54) is 57.5 Å². The molecule has 0 bridgehead atoms. The minimum Gasteiger partial charge on any atom is -0.497 e. The van der Waals surface area contributed by atoms with Gasteiger partial charge in [-0.15, -0.1) is 0 Å². The van der Waals surface area contributed by atoms with Crippen LogP contribution in [0.25, 0.3) is 0 Å². The first-order valence-electron chi connectivity index (χ1n) is 15.8. The normalized spacial score (nSPS) is 13.2. The summed E-state index contributed by atoms with van der Waals surface area (Å²) in [5, 5.41) is 5.74. The summed E-state index contributed by atoms with van der Waals surface area (Å²) >= 11 is 6.07. The number of rotatable bonds is 18. The number of carbonyl (C=O) groups is 5. The zero-order valence-corrected chi connectivity index (χ0v) is 28.1. The summed E-state index contributed by atoms with van der Waals surface area (Å²) in [5.41, 5.74) is 0.789. The second kappa shape index (κ2) is 18.3. The molecule has 3 atom stereocenters. The Morgan fingerprint density at radius 1 is 0.918 bits per heavy atom. The van der Waals surface area contributed by atoms with Crippen LogP contribution < -0.4 is 15.4 Å². The first kappa shape index (κ1) is 38.9. The van der Waals surface area contributed by atoms with E-state index in [9.17, 15) is 37.1 Å². The first-order valence-corrected chi connectivity index (χ1v) is 16.1. The van der Waals surface area contributed by atoms with E-state index >= 15 is 0 Å². The second-order valence-corrected chi connectivity index (χ2v) is 12.3. The number of ketones is 3. The van der Waals surface area contributed by atoms with Crippen molar-refractivity contribution >= 4 is 40.8 Å². The molecule has 3 aromatic rings. The van der Waals surface area contributed by atoms with Crippen LogP contribution in [-0.4, -0.2) is 54.0 Å². The van der Waals surface area contributed by atoms with Crippen LogP contribution in [0.3, 0.4) is 0 Å². The van der Waals surface area contributed by atoms with Gasteiger partial charge in [-0.2, -0.15) is 13.2 Å². The lowest BCUT2D eigenvalue weighted by Crippen LogP contribution is -2.41. The summed E-state index contributed by atoms with van der Waals surface area (Å²) in [5.74, 6) is -7.23. The van der Waals surface area contributed by atoms with Crippen molar-refractivity contribution in [2.45, 2.75) is 58.2 Å². The molecule has 0 fully saturated rings. The van der Waals surface area contributed by atoms with Crippen LogP contribution in [0.5, 0.6) is 5.75 Å². The highest BCUT2D eigenvalue weighted by atomic mass is 35.5. The zero-order chi connectivity index (χ0) is 36.1. The van der Waals surface area contributed by atoms with Gasteiger partial charge in [-0.3, -0.25) is 29.0 Å². The molecule has 2 aromatic carbocycles. The smallest absolute Gasteiger partial charge is 0.450 e. The number of hydrogen-bond donors (Lipinski definition) is 2. The summed E-state index contributed by atoms with van der Waals surface area (Å²) in [6, 6.07) is 15.8. The molecule has 0 aliphatic rings. The number of carbonyl (C=O) groups excluding carboxylic acids is 5. The van der Waals surface area contributed by atoms with Gasteiger partial charge in [0, 0.05) is 48.0 Å². The molecule has 2 N–H and O–H groups in total. The van der Waals surface area contributed by atoms with Crippen LogP contribution in [0.1, 0.15) is 78.4 Å². The maximum atomic E-state index is 13.9. The van der Waals surface area contributed by atoms with Gasteiger partial charge in [0.15, 0.2) is 11.6 Å². The largest absolute Gasteiger partial charge is 0.497 e. The monoisotopic (exact) mass is 701 g/mol.